The van der Waals surface area contributed by atoms with Gasteiger partial charge >= 0.3 is 0 Å². The third-order valence-corrected chi connectivity index (χ3v) is 24.2. The molecule has 0 heterocycles. The summed E-state index contributed by atoms with van der Waals surface area (Å²) >= 11 is 0. The van der Waals surface area contributed by atoms with E-state index in [0.717, 1.165) is 45.3 Å². The topological polar surface area (TPSA) is 6.48 Å². The van der Waals surface area contributed by atoms with E-state index >= 15 is 0 Å². The second-order valence-electron chi connectivity index (χ2n) is 31.1. The highest BCUT2D eigenvalue weighted by Crippen LogP contribution is 2.54. The lowest BCUT2D eigenvalue weighted by Crippen LogP contribution is -2.16. The van der Waals surface area contributed by atoms with Crippen LogP contribution in [0.4, 0.5) is 34.1 Å². The van der Waals surface area contributed by atoms with Crippen molar-refractivity contribution in [2.75, 3.05) is 9.80 Å². The number of fused-ring (bicyclic) bond motifs is 14. The Balaban J connectivity index is 0.638. The van der Waals surface area contributed by atoms with Gasteiger partial charge in [-0.15, -0.1) is 0 Å². The predicted molar refractivity (Wildman–Crippen MR) is 469 cm³/mol. The van der Waals surface area contributed by atoms with Gasteiger partial charge in [0.25, 0.3) is 0 Å². The van der Waals surface area contributed by atoms with Crippen molar-refractivity contribution < 1.29 is 0 Å². The number of hydrogen-bond donors (Lipinski definition) is 0. The summed E-state index contributed by atoms with van der Waals surface area (Å²) in [6.45, 7) is 9.48. The maximum atomic E-state index is 2.49. The minimum absolute atomic E-state index is 0.0890. The fraction of sp³-hybridized carbons (Fsp3) is 0.0556. The molecule has 2 heteroatoms. The lowest BCUT2D eigenvalue weighted by atomic mass is 9.81. The number of hydrogen-bond acceptors (Lipinski definition) is 2. The van der Waals surface area contributed by atoms with Crippen LogP contribution >= 0.6 is 0 Å². The summed E-state index contributed by atoms with van der Waals surface area (Å²) in [6.07, 6.45) is 0. The Morgan fingerprint density at radius 3 is 1.02 bits per heavy atom. The molecule has 0 atom stereocenters. The average Bonchev–Trinajstić information content (AvgIpc) is 1.56. The molecule has 0 aromatic heterocycles. The highest BCUT2D eigenvalue weighted by molar-refractivity contribution is 6.17. The highest BCUT2D eigenvalue weighted by Gasteiger charge is 2.37. The third kappa shape index (κ3) is 10.6. The Hall–Kier alpha value is -13.7. The van der Waals surface area contributed by atoms with Crippen LogP contribution in [-0.2, 0) is 10.8 Å². The SMILES string of the molecule is CC1(C)c2ccccc2-c2ccc(-c3ccc(N(c4ccc(-c5ccc6cc(-c7ccc8c(c7)c(-c7ccccc7N(c7ccc(-c9ccc%10ccccc%10c9)cc7)c7ccc9c(c7)C(C)(C)c7ccccc7-9)cc7ccccc78)ccc6c5)cc4)c4ccccc4-c4cc5ccccc5c5ccccc45)cc3)cc21. The smallest absolute Gasteiger partial charge is 0.0540 e. The lowest BCUT2D eigenvalue weighted by Gasteiger charge is -2.30. The zero-order valence-corrected chi connectivity index (χ0v) is 61.8. The molecule has 2 aliphatic carbocycles. The summed E-state index contributed by atoms with van der Waals surface area (Å²) in [5.41, 5.74) is 31.2. The molecule has 19 aromatic rings. The summed E-state index contributed by atoms with van der Waals surface area (Å²) in [5, 5.41) is 14.7. The summed E-state index contributed by atoms with van der Waals surface area (Å²) < 4.78 is 0. The first-order chi connectivity index (χ1) is 54.0. The first kappa shape index (κ1) is 64.7. The summed E-state index contributed by atoms with van der Waals surface area (Å²) in [5.74, 6) is 0. The van der Waals surface area contributed by atoms with Crippen molar-refractivity contribution in [2.24, 2.45) is 0 Å². The van der Waals surface area contributed by atoms with Gasteiger partial charge in [0.05, 0.1) is 11.4 Å². The fourth-order valence-electron chi connectivity index (χ4n) is 18.5. The predicted octanol–water partition coefficient (Wildman–Crippen LogP) is 30.2. The minimum atomic E-state index is -0.182. The molecule has 0 spiro atoms. The van der Waals surface area contributed by atoms with Gasteiger partial charge in [0.1, 0.15) is 0 Å². The molecule has 0 unspecified atom stereocenters. The molecule has 518 valence electrons. The van der Waals surface area contributed by atoms with Crippen molar-refractivity contribution in [2.45, 2.75) is 38.5 Å². The van der Waals surface area contributed by atoms with E-state index in [1.165, 1.54) is 165 Å². The number of benzene rings is 19. The van der Waals surface area contributed by atoms with E-state index in [9.17, 15) is 0 Å². The zero-order valence-electron chi connectivity index (χ0n) is 61.8. The van der Waals surface area contributed by atoms with Gasteiger partial charge in [-0.1, -0.05) is 313 Å². The van der Waals surface area contributed by atoms with Gasteiger partial charge < -0.3 is 9.80 Å². The second-order valence-corrected chi connectivity index (χ2v) is 31.1. The Labute approximate surface area is 642 Å². The standard InChI is InChI=1S/C108H76N2/c1-107(2)101-33-17-13-29-92(101)94-59-50-80(67-103(94)107)72-47-53-84(54-48-72)109(105-35-19-15-31-96(105)98-65-81-23-7-9-25-87(81)89-27-11-12-28-90(89)98)83-51-43-71(44-52-83)75-39-40-77-63-78(42-41-76(77)62-75)79-49-58-91-88-26-10-8-24-82(88)66-100(99(91)64-79)97-32-16-20-36-106(97)110(86-57-60-95-93-30-14-18-34-102(93)108(3,4)104(95)68-86)85-55-45-70(46-56-85)74-38-37-69-21-5-6-22-73(69)61-74/h5-68H,1-4H3. The molecule has 2 nitrogen and oxygen atoms in total. The quantitative estimate of drug-likeness (QED) is 0.113. The van der Waals surface area contributed by atoms with E-state index in [-0.39, 0.29) is 10.8 Å². The van der Waals surface area contributed by atoms with E-state index in [2.05, 4.69) is 426 Å². The molecule has 0 fully saturated rings. The molecule has 0 radical (unpaired) electrons. The summed E-state index contributed by atoms with van der Waals surface area (Å²) in [6, 6.07) is 145. The van der Waals surface area contributed by atoms with Crippen LogP contribution in [0.2, 0.25) is 0 Å². The number of para-hydroxylation sites is 2. The second kappa shape index (κ2) is 25.5. The van der Waals surface area contributed by atoms with E-state index in [1.807, 2.05) is 0 Å². The Kier molecular flexibility index (Phi) is 15.0. The van der Waals surface area contributed by atoms with Crippen LogP contribution in [0, 0.1) is 0 Å². The van der Waals surface area contributed by atoms with Crippen LogP contribution in [0.1, 0.15) is 49.9 Å². The molecule has 21 rings (SSSR count). The van der Waals surface area contributed by atoms with Gasteiger partial charge in [0.2, 0.25) is 0 Å². The van der Waals surface area contributed by atoms with E-state index in [0.29, 0.717) is 0 Å². The molecule has 0 aliphatic heterocycles. The first-order valence-electron chi connectivity index (χ1n) is 38.5. The normalized spacial score (nSPS) is 13.1. The Morgan fingerprint density at radius 2 is 0.482 bits per heavy atom. The molecule has 0 N–H and O–H groups in total. The zero-order chi connectivity index (χ0) is 73.3. The third-order valence-electron chi connectivity index (χ3n) is 24.2. The van der Waals surface area contributed by atoms with Gasteiger partial charge in [0.15, 0.2) is 0 Å². The highest BCUT2D eigenvalue weighted by atomic mass is 15.2. The van der Waals surface area contributed by atoms with Crippen molar-refractivity contribution in [3.8, 4) is 89.0 Å². The molecule has 0 saturated carbocycles. The molecular formula is C108H76N2. The van der Waals surface area contributed by atoms with Crippen LogP contribution < -0.4 is 9.80 Å². The maximum Gasteiger partial charge on any atom is 0.0540 e. The van der Waals surface area contributed by atoms with Crippen molar-refractivity contribution in [3.05, 3.63) is 411 Å². The van der Waals surface area contributed by atoms with Gasteiger partial charge in [-0.2, -0.15) is 0 Å². The molecule has 0 amide bonds. The summed E-state index contributed by atoms with van der Waals surface area (Å²) in [4.78, 5) is 4.94. The maximum absolute atomic E-state index is 2.49. The number of anilines is 6. The minimum Gasteiger partial charge on any atom is -0.310 e. The van der Waals surface area contributed by atoms with Gasteiger partial charge in [-0.05, 0) is 268 Å². The van der Waals surface area contributed by atoms with Crippen molar-refractivity contribution in [1.29, 1.82) is 0 Å². The van der Waals surface area contributed by atoms with E-state index in [1.54, 1.807) is 0 Å². The van der Waals surface area contributed by atoms with Crippen LogP contribution in [0.15, 0.2) is 388 Å². The molecule has 0 bridgehead atoms. The van der Waals surface area contributed by atoms with Crippen LogP contribution in [0.25, 0.3) is 154 Å². The van der Waals surface area contributed by atoms with Crippen molar-refractivity contribution in [1.82, 2.24) is 0 Å². The number of nitrogens with zero attached hydrogens (tertiary/aromatic N) is 2. The Bertz CT molecular complexity index is 6950. The molecule has 19 aromatic carbocycles. The van der Waals surface area contributed by atoms with Gasteiger partial charge in [-0.3, -0.25) is 0 Å². The van der Waals surface area contributed by atoms with Gasteiger partial charge in [0, 0.05) is 44.7 Å². The molecular weight excluding hydrogens is 1330 g/mol. The van der Waals surface area contributed by atoms with E-state index in [4.69, 9.17) is 0 Å². The fourth-order valence-corrected chi connectivity index (χ4v) is 18.5. The Morgan fingerprint density at radius 1 is 0.164 bits per heavy atom. The van der Waals surface area contributed by atoms with Crippen LogP contribution in [0.3, 0.4) is 0 Å². The van der Waals surface area contributed by atoms with Crippen molar-refractivity contribution in [3.63, 3.8) is 0 Å². The number of rotatable bonds is 12. The first-order valence-corrected chi connectivity index (χ1v) is 38.5. The average molecular weight is 1400 g/mol. The van der Waals surface area contributed by atoms with E-state index < -0.39 is 0 Å². The van der Waals surface area contributed by atoms with Crippen LogP contribution in [-0.4, -0.2) is 0 Å². The van der Waals surface area contributed by atoms with Crippen molar-refractivity contribution >= 4 is 98.8 Å². The monoisotopic (exact) mass is 1400 g/mol. The molecule has 110 heavy (non-hydrogen) atoms. The summed E-state index contributed by atoms with van der Waals surface area (Å²) in [7, 11) is 0. The molecule has 2 aliphatic rings. The van der Waals surface area contributed by atoms with Crippen LogP contribution in [0.5, 0.6) is 0 Å². The van der Waals surface area contributed by atoms with Gasteiger partial charge in [-0.25, -0.2) is 0 Å². The molecule has 0 saturated heterocycles. The lowest BCUT2D eigenvalue weighted by molar-refractivity contribution is 0.660. The largest absolute Gasteiger partial charge is 0.310 e.